The zero-order chi connectivity index (χ0) is 8.93. The summed E-state index contributed by atoms with van der Waals surface area (Å²) in [6.45, 7) is 4.33. The van der Waals surface area contributed by atoms with Gasteiger partial charge in [-0.15, -0.1) is 5.10 Å². The number of hydrogen-bond donors (Lipinski definition) is 1. The number of rotatable bonds is 1. The lowest BCUT2D eigenvalue weighted by Crippen LogP contribution is -2.06. The van der Waals surface area contributed by atoms with Gasteiger partial charge in [0, 0.05) is 25.2 Å². The first-order valence-electron chi connectivity index (χ1n) is 4.15. The van der Waals surface area contributed by atoms with Crippen LogP contribution in [0.5, 0.6) is 0 Å². The summed E-state index contributed by atoms with van der Waals surface area (Å²) in [4.78, 5) is 0. The molecule has 1 aliphatic rings. The van der Waals surface area contributed by atoms with Gasteiger partial charge < -0.3 is 5.73 Å². The molecule has 2 unspecified atom stereocenters. The highest BCUT2D eigenvalue weighted by Gasteiger charge is 2.57. The Morgan fingerprint density at radius 2 is 2.17 bits per heavy atom. The number of aromatic nitrogens is 3. The minimum absolute atomic E-state index is 0.204. The molecule has 1 heterocycles. The van der Waals surface area contributed by atoms with Gasteiger partial charge in [-0.05, 0) is 5.41 Å². The van der Waals surface area contributed by atoms with E-state index < -0.39 is 0 Å². The molecular formula is C8H14N4. The average Bonchev–Trinajstić information content (AvgIpc) is 2.38. The van der Waals surface area contributed by atoms with Crippen molar-refractivity contribution in [3.05, 3.63) is 11.9 Å². The number of nitrogens with two attached hydrogens (primary N) is 1. The van der Waals surface area contributed by atoms with Gasteiger partial charge in [-0.3, -0.25) is 4.68 Å². The van der Waals surface area contributed by atoms with Crippen LogP contribution < -0.4 is 5.73 Å². The number of aryl methyl sites for hydroxylation is 1. The molecule has 0 aromatic carbocycles. The summed E-state index contributed by atoms with van der Waals surface area (Å²) >= 11 is 0. The average molecular weight is 166 g/mol. The van der Waals surface area contributed by atoms with Crippen molar-refractivity contribution in [2.75, 3.05) is 0 Å². The van der Waals surface area contributed by atoms with Crippen LogP contribution in [-0.2, 0) is 7.05 Å². The molecule has 0 radical (unpaired) electrons. The van der Waals surface area contributed by atoms with E-state index in [4.69, 9.17) is 5.73 Å². The first-order chi connectivity index (χ1) is 5.53. The maximum Gasteiger partial charge on any atom is 0.0879 e. The Hall–Kier alpha value is -0.900. The molecule has 0 amide bonds. The topological polar surface area (TPSA) is 56.7 Å². The molecule has 0 bridgehead atoms. The lowest BCUT2D eigenvalue weighted by Gasteiger charge is -1.96. The molecule has 4 heteroatoms. The third-order valence-electron chi connectivity index (χ3n) is 2.85. The maximum absolute atomic E-state index is 5.91. The van der Waals surface area contributed by atoms with Crippen LogP contribution in [0.3, 0.4) is 0 Å². The van der Waals surface area contributed by atoms with Crippen molar-refractivity contribution in [3.8, 4) is 0 Å². The highest BCUT2D eigenvalue weighted by molar-refractivity contribution is 5.26. The predicted octanol–water partition coefficient (Wildman–Crippen LogP) is 0.266. The highest BCUT2D eigenvalue weighted by Crippen LogP contribution is 2.56. The van der Waals surface area contributed by atoms with E-state index in [1.807, 2.05) is 13.2 Å². The molecule has 2 atom stereocenters. The monoisotopic (exact) mass is 166 g/mol. The third kappa shape index (κ3) is 0.876. The SMILES string of the molecule is Cn1cc(C2C(N)C2(C)C)nn1. The molecule has 1 fully saturated rings. The summed E-state index contributed by atoms with van der Waals surface area (Å²) < 4.78 is 1.72. The second kappa shape index (κ2) is 2.07. The molecule has 0 spiro atoms. The van der Waals surface area contributed by atoms with Crippen molar-refractivity contribution in [1.82, 2.24) is 15.0 Å². The predicted molar refractivity (Wildman–Crippen MR) is 45.5 cm³/mol. The fourth-order valence-electron chi connectivity index (χ4n) is 1.75. The standard InChI is InChI=1S/C8H14N4/c1-8(2)6(7(8)9)5-4-12(3)11-10-5/h4,6-7H,9H2,1-3H3. The Balaban J connectivity index is 2.24. The Kier molecular flexibility index (Phi) is 1.33. The van der Waals surface area contributed by atoms with Gasteiger partial charge in [-0.25, -0.2) is 0 Å². The van der Waals surface area contributed by atoms with Crippen LogP contribution in [0.1, 0.15) is 25.5 Å². The summed E-state index contributed by atoms with van der Waals surface area (Å²) in [6, 6.07) is 0.245. The van der Waals surface area contributed by atoms with Crippen molar-refractivity contribution in [1.29, 1.82) is 0 Å². The van der Waals surface area contributed by atoms with Gasteiger partial charge in [-0.1, -0.05) is 19.1 Å². The van der Waals surface area contributed by atoms with Crippen LogP contribution >= 0.6 is 0 Å². The van der Waals surface area contributed by atoms with Crippen molar-refractivity contribution in [3.63, 3.8) is 0 Å². The van der Waals surface area contributed by atoms with E-state index in [2.05, 4.69) is 24.2 Å². The van der Waals surface area contributed by atoms with Crippen molar-refractivity contribution < 1.29 is 0 Å². The van der Waals surface area contributed by atoms with Crippen molar-refractivity contribution in [2.24, 2.45) is 18.2 Å². The molecule has 4 nitrogen and oxygen atoms in total. The first kappa shape index (κ1) is 7.73. The van der Waals surface area contributed by atoms with E-state index in [0.717, 1.165) is 5.69 Å². The summed E-state index contributed by atoms with van der Waals surface area (Å²) in [7, 11) is 1.87. The van der Waals surface area contributed by atoms with Gasteiger partial charge in [0.15, 0.2) is 0 Å². The van der Waals surface area contributed by atoms with E-state index in [0.29, 0.717) is 5.92 Å². The van der Waals surface area contributed by atoms with E-state index >= 15 is 0 Å². The molecule has 1 saturated carbocycles. The number of nitrogens with zero attached hydrogens (tertiary/aromatic N) is 3. The Bertz CT molecular complexity index is 302. The quantitative estimate of drug-likeness (QED) is 0.651. The molecule has 1 aliphatic carbocycles. The molecular weight excluding hydrogens is 152 g/mol. The molecule has 2 N–H and O–H groups in total. The fourth-order valence-corrected chi connectivity index (χ4v) is 1.75. The van der Waals surface area contributed by atoms with Crippen LogP contribution in [0.25, 0.3) is 0 Å². The van der Waals surface area contributed by atoms with Gasteiger partial charge in [0.2, 0.25) is 0 Å². The molecule has 2 rings (SSSR count). The molecule has 1 aromatic rings. The summed E-state index contributed by atoms with van der Waals surface area (Å²) in [6.07, 6.45) is 1.94. The van der Waals surface area contributed by atoms with E-state index in [-0.39, 0.29) is 11.5 Å². The highest BCUT2D eigenvalue weighted by atomic mass is 15.4. The van der Waals surface area contributed by atoms with Gasteiger partial charge in [0.25, 0.3) is 0 Å². The smallest absolute Gasteiger partial charge is 0.0879 e. The lowest BCUT2D eigenvalue weighted by atomic mass is 10.1. The fraction of sp³-hybridized carbons (Fsp3) is 0.750. The summed E-state index contributed by atoms with van der Waals surface area (Å²) in [5.41, 5.74) is 7.14. The normalized spacial score (nSPS) is 32.0. The minimum Gasteiger partial charge on any atom is -0.327 e. The lowest BCUT2D eigenvalue weighted by molar-refractivity contribution is 0.595. The van der Waals surface area contributed by atoms with Crippen LogP contribution in [0.15, 0.2) is 6.20 Å². The zero-order valence-corrected chi connectivity index (χ0v) is 7.65. The van der Waals surface area contributed by atoms with Gasteiger partial charge in [0.1, 0.15) is 0 Å². The van der Waals surface area contributed by atoms with Crippen LogP contribution in [0, 0.1) is 5.41 Å². The largest absolute Gasteiger partial charge is 0.327 e. The van der Waals surface area contributed by atoms with Crippen LogP contribution in [0.2, 0.25) is 0 Å². The maximum atomic E-state index is 5.91. The van der Waals surface area contributed by atoms with Crippen molar-refractivity contribution in [2.45, 2.75) is 25.8 Å². The second-order valence-corrected chi connectivity index (χ2v) is 4.14. The Morgan fingerprint density at radius 1 is 1.58 bits per heavy atom. The minimum atomic E-state index is 0.204. The Morgan fingerprint density at radius 3 is 2.50 bits per heavy atom. The Labute approximate surface area is 71.8 Å². The van der Waals surface area contributed by atoms with Crippen LogP contribution in [-0.4, -0.2) is 21.0 Å². The summed E-state index contributed by atoms with van der Waals surface area (Å²) in [5.74, 6) is 0.395. The second-order valence-electron chi connectivity index (χ2n) is 4.14. The van der Waals surface area contributed by atoms with Crippen LogP contribution in [0.4, 0.5) is 0 Å². The van der Waals surface area contributed by atoms with Crippen molar-refractivity contribution >= 4 is 0 Å². The number of hydrogen-bond acceptors (Lipinski definition) is 3. The first-order valence-corrected chi connectivity index (χ1v) is 4.15. The van der Waals surface area contributed by atoms with Gasteiger partial charge in [0.05, 0.1) is 5.69 Å². The zero-order valence-electron chi connectivity index (χ0n) is 7.65. The van der Waals surface area contributed by atoms with E-state index in [1.165, 1.54) is 0 Å². The molecule has 1 aromatic heterocycles. The molecule has 0 aliphatic heterocycles. The van der Waals surface area contributed by atoms with Gasteiger partial charge in [-0.2, -0.15) is 0 Å². The van der Waals surface area contributed by atoms with E-state index in [9.17, 15) is 0 Å². The summed E-state index contributed by atoms with van der Waals surface area (Å²) in [5, 5.41) is 7.95. The third-order valence-corrected chi connectivity index (χ3v) is 2.85. The van der Waals surface area contributed by atoms with E-state index in [1.54, 1.807) is 4.68 Å². The molecule has 66 valence electrons. The van der Waals surface area contributed by atoms with Gasteiger partial charge >= 0.3 is 0 Å². The molecule has 12 heavy (non-hydrogen) atoms. The molecule has 0 saturated heterocycles.